The Morgan fingerprint density at radius 2 is 2.16 bits per heavy atom. The quantitative estimate of drug-likeness (QED) is 0.737. The van der Waals surface area contributed by atoms with Crippen molar-refractivity contribution in [3.63, 3.8) is 0 Å². The highest BCUT2D eigenvalue weighted by Gasteiger charge is 2.36. The first-order valence-electron chi connectivity index (χ1n) is 6.24. The Morgan fingerprint density at radius 3 is 2.89 bits per heavy atom. The van der Waals surface area contributed by atoms with Crippen molar-refractivity contribution in [3.05, 3.63) is 41.6 Å². The third-order valence-electron chi connectivity index (χ3n) is 3.68. The van der Waals surface area contributed by atoms with Gasteiger partial charge in [0.05, 0.1) is 6.04 Å². The molecule has 0 aliphatic carbocycles. The Morgan fingerprint density at radius 1 is 1.37 bits per heavy atom. The molecule has 2 aliphatic heterocycles. The van der Waals surface area contributed by atoms with Crippen molar-refractivity contribution < 1.29 is 9.59 Å². The lowest BCUT2D eigenvalue weighted by molar-refractivity contribution is -0.121. The molecule has 3 rings (SSSR count). The third kappa shape index (κ3) is 1.87. The zero-order valence-corrected chi connectivity index (χ0v) is 10.5. The zero-order chi connectivity index (χ0) is 13.6. The molecule has 1 unspecified atom stereocenters. The molecule has 5 nitrogen and oxygen atoms in total. The summed E-state index contributed by atoms with van der Waals surface area (Å²) in [4.78, 5) is 25.4. The predicted molar refractivity (Wildman–Crippen MR) is 71.0 cm³/mol. The maximum absolute atomic E-state index is 12.4. The van der Waals surface area contributed by atoms with E-state index in [0.717, 1.165) is 5.56 Å². The number of benzene rings is 1. The monoisotopic (exact) mass is 257 g/mol. The number of hydrogen-bond acceptors (Lipinski definition) is 3. The first-order chi connectivity index (χ1) is 9.06. The summed E-state index contributed by atoms with van der Waals surface area (Å²) in [5.74, 6) is -0.0491. The van der Waals surface area contributed by atoms with Crippen LogP contribution >= 0.6 is 0 Å². The molecule has 0 radical (unpaired) electrons. The summed E-state index contributed by atoms with van der Waals surface area (Å²) in [6, 6.07) is 5.20. The van der Waals surface area contributed by atoms with E-state index in [1.165, 1.54) is 0 Å². The molecule has 2 heterocycles. The molecule has 0 bridgehead atoms. The Balaban J connectivity index is 1.87. The van der Waals surface area contributed by atoms with Crippen LogP contribution in [-0.2, 0) is 11.3 Å². The predicted octanol–water partition coefficient (Wildman–Crippen LogP) is 1.02. The number of nitrogen functional groups attached to an aromatic ring is 1. The zero-order valence-electron chi connectivity index (χ0n) is 10.5. The van der Waals surface area contributed by atoms with Crippen LogP contribution in [0.2, 0.25) is 0 Å². The van der Waals surface area contributed by atoms with Crippen LogP contribution in [0.5, 0.6) is 0 Å². The number of rotatable bonds is 1. The van der Waals surface area contributed by atoms with E-state index in [0.29, 0.717) is 36.3 Å². The van der Waals surface area contributed by atoms with Gasteiger partial charge < -0.3 is 16.0 Å². The summed E-state index contributed by atoms with van der Waals surface area (Å²) >= 11 is 0. The lowest BCUT2D eigenvalue weighted by Crippen LogP contribution is -2.45. The standard InChI is InChI=1S/C14H15N3O2/c1-8-12(4-5-13(18)16-8)17-7-9-6-10(15)2-3-11(9)14(17)19/h2-3,6,12H,1,4-5,7,15H2,(H,16,18). The van der Waals surface area contributed by atoms with Gasteiger partial charge in [-0.25, -0.2) is 0 Å². The van der Waals surface area contributed by atoms with Crippen molar-refractivity contribution in [2.24, 2.45) is 0 Å². The SMILES string of the molecule is C=C1NC(=O)CCC1N1Cc2cc(N)ccc2C1=O. The van der Waals surface area contributed by atoms with Crippen molar-refractivity contribution in [3.8, 4) is 0 Å². The normalized spacial score (nSPS) is 22.4. The largest absolute Gasteiger partial charge is 0.399 e. The van der Waals surface area contributed by atoms with E-state index in [2.05, 4.69) is 11.9 Å². The van der Waals surface area contributed by atoms with Crippen molar-refractivity contribution >= 4 is 17.5 Å². The fourth-order valence-corrected chi connectivity index (χ4v) is 2.73. The first kappa shape index (κ1) is 11.8. The minimum absolute atomic E-state index is 0.0164. The van der Waals surface area contributed by atoms with Crippen LogP contribution < -0.4 is 11.1 Å². The summed E-state index contributed by atoms with van der Waals surface area (Å²) in [5, 5.41) is 2.71. The minimum Gasteiger partial charge on any atom is -0.399 e. The molecule has 19 heavy (non-hydrogen) atoms. The summed E-state index contributed by atoms with van der Waals surface area (Å²) < 4.78 is 0. The smallest absolute Gasteiger partial charge is 0.255 e. The second-order valence-corrected chi connectivity index (χ2v) is 4.98. The highest BCUT2D eigenvalue weighted by atomic mass is 16.2. The molecule has 1 aromatic carbocycles. The maximum atomic E-state index is 12.4. The van der Waals surface area contributed by atoms with Crippen LogP contribution in [0.1, 0.15) is 28.8 Å². The van der Waals surface area contributed by atoms with Gasteiger partial charge in [-0.05, 0) is 30.2 Å². The van der Waals surface area contributed by atoms with Gasteiger partial charge in [0.2, 0.25) is 5.91 Å². The second-order valence-electron chi connectivity index (χ2n) is 4.98. The number of amides is 2. The van der Waals surface area contributed by atoms with Crippen LogP contribution in [0.15, 0.2) is 30.5 Å². The Kier molecular flexibility index (Phi) is 2.55. The lowest BCUT2D eigenvalue weighted by atomic mass is 10.0. The summed E-state index contributed by atoms with van der Waals surface area (Å²) in [5.41, 5.74) is 8.63. The summed E-state index contributed by atoms with van der Waals surface area (Å²) in [7, 11) is 0. The van der Waals surface area contributed by atoms with Crippen LogP contribution in [-0.4, -0.2) is 22.8 Å². The van der Waals surface area contributed by atoms with Gasteiger partial charge in [-0.1, -0.05) is 6.58 Å². The molecule has 0 spiro atoms. The van der Waals surface area contributed by atoms with Crippen LogP contribution in [0.4, 0.5) is 5.69 Å². The van der Waals surface area contributed by atoms with Gasteiger partial charge in [-0.3, -0.25) is 9.59 Å². The molecule has 5 heteroatoms. The molecule has 2 amide bonds. The maximum Gasteiger partial charge on any atom is 0.255 e. The van der Waals surface area contributed by atoms with Crippen molar-refractivity contribution in [2.45, 2.75) is 25.4 Å². The van der Waals surface area contributed by atoms with Gasteiger partial charge in [0.15, 0.2) is 0 Å². The molecule has 2 aliphatic rings. The van der Waals surface area contributed by atoms with Crippen LogP contribution in [0.25, 0.3) is 0 Å². The van der Waals surface area contributed by atoms with E-state index >= 15 is 0 Å². The molecule has 1 atom stereocenters. The number of nitrogens with one attached hydrogen (secondary N) is 1. The van der Waals surface area contributed by atoms with Crippen LogP contribution in [0, 0.1) is 0 Å². The van der Waals surface area contributed by atoms with Gasteiger partial charge in [0, 0.05) is 29.9 Å². The van der Waals surface area contributed by atoms with E-state index in [1.54, 1.807) is 17.0 Å². The molecular weight excluding hydrogens is 242 g/mol. The third-order valence-corrected chi connectivity index (χ3v) is 3.68. The van der Waals surface area contributed by atoms with Crippen molar-refractivity contribution in [1.82, 2.24) is 10.2 Å². The van der Waals surface area contributed by atoms with Gasteiger partial charge in [-0.2, -0.15) is 0 Å². The summed E-state index contributed by atoms with van der Waals surface area (Å²) in [6.07, 6.45) is 1.05. The minimum atomic E-state index is -0.126. The molecule has 98 valence electrons. The van der Waals surface area contributed by atoms with E-state index < -0.39 is 0 Å². The molecule has 0 aromatic heterocycles. The Labute approximate surface area is 111 Å². The Bertz CT molecular complexity index is 594. The second kappa shape index (κ2) is 4.12. The molecule has 1 aromatic rings. The van der Waals surface area contributed by atoms with E-state index in [1.807, 2.05) is 6.07 Å². The Hall–Kier alpha value is -2.30. The number of hydrogen-bond donors (Lipinski definition) is 2. The van der Waals surface area contributed by atoms with Crippen molar-refractivity contribution in [1.29, 1.82) is 0 Å². The molecule has 1 saturated heterocycles. The average Bonchev–Trinajstić information content (AvgIpc) is 2.66. The van der Waals surface area contributed by atoms with Crippen LogP contribution in [0.3, 0.4) is 0 Å². The van der Waals surface area contributed by atoms with Crippen molar-refractivity contribution in [2.75, 3.05) is 5.73 Å². The highest BCUT2D eigenvalue weighted by Crippen LogP contribution is 2.30. The lowest BCUT2D eigenvalue weighted by Gasteiger charge is -2.32. The topological polar surface area (TPSA) is 75.4 Å². The molecule has 0 saturated carbocycles. The first-order valence-corrected chi connectivity index (χ1v) is 6.24. The van der Waals surface area contributed by atoms with Gasteiger partial charge in [-0.15, -0.1) is 0 Å². The highest BCUT2D eigenvalue weighted by molar-refractivity contribution is 5.99. The number of fused-ring (bicyclic) bond motifs is 1. The molecular formula is C14H15N3O2. The average molecular weight is 257 g/mol. The number of nitrogens with two attached hydrogens (primary N) is 1. The fourth-order valence-electron chi connectivity index (χ4n) is 2.73. The number of nitrogens with zero attached hydrogens (tertiary/aromatic N) is 1. The molecule has 3 N–H and O–H groups in total. The fraction of sp³-hybridized carbons (Fsp3) is 0.286. The number of carbonyl (C=O) groups is 2. The van der Waals surface area contributed by atoms with E-state index in [4.69, 9.17) is 5.73 Å². The number of carbonyl (C=O) groups excluding carboxylic acids is 2. The van der Waals surface area contributed by atoms with Gasteiger partial charge >= 0.3 is 0 Å². The summed E-state index contributed by atoms with van der Waals surface area (Å²) in [6.45, 7) is 4.38. The van der Waals surface area contributed by atoms with Gasteiger partial charge in [0.25, 0.3) is 5.91 Å². The number of anilines is 1. The molecule has 1 fully saturated rings. The number of piperidine rings is 1. The van der Waals surface area contributed by atoms with Gasteiger partial charge in [0.1, 0.15) is 0 Å². The van der Waals surface area contributed by atoms with E-state index in [9.17, 15) is 9.59 Å². The van der Waals surface area contributed by atoms with E-state index in [-0.39, 0.29) is 17.9 Å².